The fourth-order valence-corrected chi connectivity index (χ4v) is 2.50. The van der Waals surface area contributed by atoms with Crippen LogP contribution in [-0.2, 0) is 0 Å². The average Bonchev–Trinajstić information content (AvgIpc) is 2.19. The van der Waals surface area contributed by atoms with Crippen LogP contribution in [0, 0.1) is 5.92 Å². The first-order chi connectivity index (χ1) is 6.42. The van der Waals surface area contributed by atoms with Gasteiger partial charge in [-0.15, -0.1) is 11.6 Å². The summed E-state index contributed by atoms with van der Waals surface area (Å²) in [7, 11) is 0. The van der Waals surface area contributed by atoms with Crippen LogP contribution >= 0.6 is 11.6 Å². The number of fused-ring (bicyclic) bond motifs is 1. The van der Waals surface area contributed by atoms with Gasteiger partial charge in [0.2, 0.25) is 0 Å². The van der Waals surface area contributed by atoms with Crippen molar-refractivity contribution in [2.75, 3.05) is 19.0 Å². The van der Waals surface area contributed by atoms with E-state index in [-0.39, 0.29) is 0 Å². The molecule has 1 unspecified atom stereocenters. The van der Waals surface area contributed by atoms with Crippen LogP contribution in [0.2, 0.25) is 0 Å². The van der Waals surface area contributed by atoms with E-state index < -0.39 is 0 Å². The molecule has 0 radical (unpaired) electrons. The summed E-state index contributed by atoms with van der Waals surface area (Å²) in [5.41, 5.74) is 1.52. The molecule has 1 fully saturated rings. The second kappa shape index (κ2) is 4.19. The van der Waals surface area contributed by atoms with Gasteiger partial charge in [-0.3, -0.25) is 0 Å². The first-order valence-electron chi connectivity index (χ1n) is 5.09. The van der Waals surface area contributed by atoms with E-state index in [1.54, 1.807) is 0 Å². The molecule has 1 atom stereocenters. The van der Waals surface area contributed by atoms with Crippen LogP contribution in [0.5, 0.6) is 0 Å². The number of alkyl halides is 1. The third kappa shape index (κ3) is 1.91. The predicted molar refractivity (Wildman–Crippen MR) is 56.9 cm³/mol. The van der Waals surface area contributed by atoms with Crippen LogP contribution in [0.25, 0.3) is 0 Å². The van der Waals surface area contributed by atoms with E-state index in [4.69, 9.17) is 11.6 Å². The highest BCUT2D eigenvalue weighted by Crippen LogP contribution is 2.32. The molecule has 2 heteroatoms. The molecule has 0 aromatic heterocycles. The third-order valence-electron chi connectivity index (χ3n) is 2.94. The van der Waals surface area contributed by atoms with Crippen molar-refractivity contribution < 1.29 is 0 Å². The van der Waals surface area contributed by atoms with Gasteiger partial charge in [0.25, 0.3) is 0 Å². The second-order valence-electron chi connectivity index (χ2n) is 3.77. The molecule has 1 saturated heterocycles. The molecular formula is C11H16ClN. The van der Waals surface area contributed by atoms with Gasteiger partial charge >= 0.3 is 0 Å². The number of likely N-dealkylation sites (tertiary alicyclic amines) is 1. The second-order valence-corrected chi connectivity index (χ2v) is 4.15. The first-order valence-corrected chi connectivity index (χ1v) is 5.63. The van der Waals surface area contributed by atoms with Crippen molar-refractivity contribution >= 4 is 11.6 Å². The van der Waals surface area contributed by atoms with Gasteiger partial charge in [0, 0.05) is 30.6 Å². The minimum absolute atomic E-state index is 0.744. The first kappa shape index (κ1) is 9.14. The lowest BCUT2D eigenvalue weighted by Gasteiger charge is -2.37. The lowest BCUT2D eigenvalue weighted by molar-refractivity contribution is 0.251. The summed E-state index contributed by atoms with van der Waals surface area (Å²) in [5.74, 6) is 1.52. The van der Waals surface area contributed by atoms with Crippen LogP contribution < -0.4 is 0 Å². The molecule has 0 N–H and O–H groups in total. The molecule has 0 saturated carbocycles. The summed E-state index contributed by atoms with van der Waals surface area (Å²) in [6.07, 6.45) is 10.6. The van der Waals surface area contributed by atoms with Gasteiger partial charge in [0.15, 0.2) is 0 Å². The predicted octanol–water partition coefficient (Wildman–Crippen LogP) is 2.78. The highest BCUT2D eigenvalue weighted by atomic mass is 35.5. The van der Waals surface area contributed by atoms with E-state index in [2.05, 4.69) is 23.1 Å². The zero-order valence-electron chi connectivity index (χ0n) is 7.88. The van der Waals surface area contributed by atoms with Gasteiger partial charge in [-0.25, -0.2) is 0 Å². The lowest BCUT2D eigenvalue weighted by atomic mass is 9.88. The molecule has 1 aliphatic heterocycles. The van der Waals surface area contributed by atoms with E-state index in [0.29, 0.717) is 0 Å². The van der Waals surface area contributed by atoms with Crippen molar-refractivity contribution in [3.63, 3.8) is 0 Å². The van der Waals surface area contributed by atoms with Crippen LogP contribution in [-0.4, -0.2) is 23.9 Å². The van der Waals surface area contributed by atoms with Crippen molar-refractivity contribution in [3.05, 3.63) is 23.9 Å². The van der Waals surface area contributed by atoms with Gasteiger partial charge in [-0.2, -0.15) is 0 Å². The Kier molecular flexibility index (Phi) is 2.94. The average molecular weight is 198 g/mol. The minimum atomic E-state index is 0.744. The van der Waals surface area contributed by atoms with Crippen molar-refractivity contribution in [2.24, 2.45) is 5.92 Å². The Morgan fingerprint density at radius 1 is 1.54 bits per heavy atom. The monoisotopic (exact) mass is 197 g/mol. The summed E-state index contributed by atoms with van der Waals surface area (Å²) >= 11 is 5.78. The Bertz CT molecular complexity index is 230. The number of piperidine rings is 1. The smallest absolute Gasteiger partial charge is 0.0399 e. The van der Waals surface area contributed by atoms with Gasteiger partial charge in [0.1, 0.15) is 0 Å². The van der Waals surface area contributed by atoms with Crippen LogP contribution in [0.4, 0.5) is 0 Å². The zero-order chi connectivity index (χ0) is 9.10. The molecule has 0 aromatic carbocycles. The minimum Gasteiger partial charge on any atom is -0.373 e. The number of halogens is 1. The lowest BCUT2D eigenvalue weighted by Crippen LogP contribution is -2.35. The van der Waals surface area contributed by atoms with Crippen molar-refractivity contribution in [3.8, 4) is 0 Å². The summed E-state index contributed by atoms with van der Waals surface area (Å²) in [6, 6.07) is 0. The molecule has 0 spiro atoms. The fraction of sp³-hybridized carbons (Fsp3) is 0.636. The van der Waals surface area contributed by atoms with E-state index in [0.717, 1.165) is 18.3 Å². The largest absolute Gasteiger partial charge is 0.373 e. The highest BCUT2D eigenvalue weighted by Gasteiger charge is 2.24. The number of hydrogen-bond acceptors (Lipinski definition) is 1. The Morgan fingerprint density at radius 2 is 2.46 bits per heavy atom. The van der Waals surface area contributed by atoms with Gasteiger partial charge in [-0.1, -0.05) is 12.2 Å². The number of nitrogens with zero attached hydrogens (tertiary/aromatic N) is 1. The third-order valence-corrected chi connectivity index (χ3v) is 3.11. The zero-order valence-corrected chi connectivity index (χ0v) is 8.63. The number of allylic oxidation sites excluding steroid dienone is 4. The summed E-state index contributed by atoms with van der Waals surface area (Å²) in [6.45, 7) is 2.21. The summed E-state index contributed by atoms with van der Waals surface area (Å²) in [4.78, 5) is 2.45. The van der Waals surface area contributed by atoms with Crippen molar-refractivity contribution in [2.45, 2.75) is 19.3 Å². The molecule has 1 nitrogen and oxygen atoms in total. The maximum atomic E-state index is 5.78. The normalized spacial score (nSPS) is 27.0. The number of rotatable bonds is 2. The molecule has 1 heterocycles. The van der Waals surface area contributed by atoms with Crippen LogP contribution in [0.3, 0.4) is 0 Å². The van der Waals surface area contributed by atoms with Gasteiger partial charge in [0.05, 0.1) is 0 Å². The number of hydrogen-bond donors (Lipinski definition) is 0. The molecule has 13 heavy (non-hydrogen) atoms. The Hall–Kier alpha value is -0.430. The Morgan fingerprint density at radius 3 is 3.31 bits per heavy atom. The Labute approximate surface area is 85.1 Å². The molecule has 1 aliphatic carbocycles. The Balaban J connectivity index is 2.09. The quantitative estimate of drug-likeness (QED) is 0.616. The van der Waals surface area contributed by atoms with E-state index in [1.165, 1.54) is 31.5 Å². The maximum absolute atomic E-state index is 5.78. The molecule has 0 amide bonds. The maximum Gasteiger partial charge on any atom is 0.0399 e. The molecule has 2 rings (SSSR count). The summed E-state index contributed by atoms with van der Waals surface area (Å²) in [5, 5.41) is 0. The van der Waals surface area contributed by atoms with E-state index in [1.807, 2.05) is 0 Å². The highest BCUT2D eigenvalue weighted by molar-refractivity contribution is 6.18. The molecule has 0 aromatic rings. The summed E-state index contributed by atoms with van der Waals surface area (Å²) < 4.78 is 0. The molecule has 2 aliphatic rings. The molecule has 72 valence electrons. The standard InChI is InChI=1S/C11H16ClN/c12-7-9-13-8-3-5-10-4-1-2-6-11(10)13/h1-2,6,10H,3-5,7-9H2. The van der Waals surface area contributed by atoms with Crippen LogP contribution in [0.1, 0.15) is 19.3 Å². The topological polar surface area (TPSA) is 3.24 Å². The van der Waals surface area contributed by atoms with Gasteiger partial charge in [-0.05, 0) is 25.3 Å². The fourth-order valence-electron chi connectivity index (χ4n) is 2.30. The van der Waals surface area contributed by atoms with Gasteiger partial charge < -0.3 is 4.90 Å². The van der Waals surface area contributed by atoms with E-state index in [9.17, 15) is 0 Å². The van der Waals surface area contributed by atoms with Crippen LogP contribution in [0.15, 0.2) is 23.9 Å². The SMILES string of the molecule is ClCCN1CCCC2CC=CC=C21. The van der Waals surface area contributed by atoms with Crippen molar-refractivity contribution in [1.82, 2.24) is 4.90 Å². The van der Waals surface area contributed by atoms with E-state index >= 15 is 0 Å². The molecule has 0 bridgehead atoms. The molecular weight excluding hydrogens is 182 g/mol. The van der Waals surface area contributed by atoms with Crippen molar-refractivity contribution in [1.29, 1.82) is 0 Å².